The van der Waals surface area contributed by atoms with E-state index in [1.165, 1.54) is 64.8 Å². The molecule has 2 nitrogen and oxygen atoms in total. The van der Waals surface area contributed by atoms with Gasteiger partial charge < -0.3 is 0 Å². The Morgan fingerprint density at radius 3 is 1.63 bits per heavy atom. The second kappa shape index (κ2) is 8.09. The average Bonchev–Trinajstić information content (AvgIpc) is 2.97. The molecule has 0 aliphatic heterocycles. The molecule has 0 saturated heterocycles. The molecule has 0 radical (unpaired) electrons. The Morgan fingerprint density at radius 2 is 0.974 bits per heavy atom. The zero-order valence-corrected chi connectivity index (χ0v) is 21.1. The Kier molecular flexibility index (Phi) is 4.53. The summed E-state index contributed by atoms with van der Waals surface area (Å²) in [7, 11) is 0. The number of aryl methyl sites for hydroxylation is 1. The van der Waals surface area contributed by atoms with Crippen LogP contribution >= 0.6 is 0 Å². The quantitative estimate of drug-likeness (QED) is 0.228. The van der Waals surface area contributed by atoms with Crippen LogP contribution in [0.15, 0.2) is 115 Å². The molecule has 38 heavy (non-hydrogen) atoms. The van der Waals surface area contributed by atoms with Crippen LogP contribution in [0.25, 0.3) is 64.8 Å². The number of hydrogen-bond acceptors (Lipinski definition) is 2. The Balaban J connectivity index is 1.33. The van der Waals surface area contributed by atoms with Crippen LogP contribution in [0.5, 0.6) is 0 Å². The van der Waals surface area contributed by atoms with Gasteiger partial charge in [0.05, 0.1) is 5.52 Å². The molecule has 2 heteroatoms. The molecule has 0 unspecified atom stereocenters. The van der Waals surface area contributed by atoms with Crippen molar-refractivity contribution in [1.82, 2.24) is 9.97 Å². The molecule has 0 aliphatic carbocycles. The lowest BCUT2D eigenvalue weighted by molar-refractivity contribution is 1.09. The standard InChI is InChI=1S/C36H24N2/c1-22-14-16-31-27-10-4-6-12-29(27)33-19-23(15-17-32(33)36(31)38-22)18-24-20-34-28-11-5-2-8-25(28)26-9-3-7-13-30(26)35(34)21-37-24/h2-17,19-21H,18H2,1H3. The van der Waals surface area contributed by atoms with Crippen LogP contribution in [0.3, 0.4) is 0 Å². The van der Waals surface area contributed by atoms with E-state index in [9.17, 15) is 0 Å². The van der Waals surface area contributed by atoms with Gasteiger partial charge >= 0.3 is 0 Å². The molecule has 2 heterocycles. The molecule has 8 aromatic rings. The van der Waals surface area contributed by atoms with E-state index in [1.54, 1.807) is 0 Å². The zero-order valence-electron chi connectivity index (χ0n) is 21.1. The lowest BCUT2D eigenvalue weighted by Gasteiger charge is -2.13. The van der Waals surface area contributed by atoms with Crippen LogP contribution in [-0.4, -0.2) is 9.97 Å². The van der Waals surface area contributed by atoms with Gasteiger partial charge in [0.25, 0.3) is 0 Å². The normalized spacial score (nSPS) is 11.9. The van der Waals surface area contributed by atoms with Crippen LogP contribution in [-0.2, 0) is 6.42 Å². The highest BCUT2D eigenvalue weighted by Gasteiger charge is 2.13. The smallest absolute Gasteiger partial charge is 0.0789 e. The van der Waals surface area contributed by atoms with Crippen LogP contribution in [0.1, 0.15) is 17.0 Å². The topological polar surface area (TPSA) is 25.8 Å². The Morgan fingerprint density at radius 1 is 0.474 bits per heavy atom. The SMILES string of the molecule is Cc1ccc2c3ccccc3c3cc(Cc4cc5c6ccccc6c6ccccc6c5cn4)ccc3c2n1. The fraction of sp³-hybridized carbons (Fsp3) is 0.0556. The number of aromatic nitrogens is 2. The maximum atomic E-state index is 4.95. The molecule has 0 N–H and O–H groups in total. The highest BCUT2D eigenvalue weighted by molar-refractivity contribution is 6.25. The first-order valence-corrected chi connectivity index (χ1v) is 13.1. The fourth-order valence-corrected chi connectivity index (χ4v) is 6.21. The van der Waals surface area contributed by atoms with Gasteiger partial charge in [0.2, 0.25) is 0 Å². The van der Waals surface area contributed by atoms with Crippen molar-refractivity contribution in [2.24, 2.45) is 0 Å². The summed E-state index contributed by atoms with van der Waals surface area (Å²) in [5.41, 5.74) is 4.45. The maximum absolute atomic E-state index is 4.95. The Hall–Kier alpha value is -4.82. The van der Waals surface area contributed by atoms with E-state index in [1.807, 2.05) is 0 Å². The van der Waals surface area contributed by atoms with Crippen LogP contribution in [0, 0.1) is 6.92 Å². The molecule has 178 valence electrons. The molecular formula is C36H24N2. The first-order chi connectivity index (χ1) is 18.7. The number of hydrogen-bond donors (Lipinski definition) is 0. The third-order valence-corrected chi connectivity index (χ3v) is 7.95. The first-order valence-electron chi connectivity index (χ1n) is 13.1. The third-order valence-electron chi connectivity index (χ3n) is 7.95. The highest BCUT2D eigenvalue weighted by atomic mass is 14.7. The van der Waals surface area contributed by atoms with Crippen LogP contribution < -0.4 is 0 Å². The number of fused-ring (bicyclic) bond motifs is 12. The monoisotopic (exact) mass is 484 g/mol. The summed E-state index contributed by atoms with van der Waals surface area (Å²) in [4.78, 5) is 9.89. The summed E-state index contributed by atoms with van der Waals surface area (Å²) in [5.74, 6) is 0. The molecule has 0 fully saturated rings. The molecule has 6 aromatic carbocycles. The van der Waals surface area contributed by atoms with Gasteiger partial charge in [0, 0.05) is 40.2 Å². The lowest BCUT2D eigenvalue weighted by atomic mass is 9.93. The van der Waals surface area contributed by atoms with Gasteiger partial charge in [-0.1, -0.05) is 97.1 Å². The van der Waals surface area contributed by atoms with E-state index in [-0.39, 0.29) is 0 Å². The summed E-state index contributed by atoms with van der Waals surface area (Å²) in [6.07, 6.45) is 2.84. The molecule has 0 amide bonds. The minimum Gasteiger partial charge on any atom is -0.260 e. The molecule has 8 rings (SSSR count). The first kappa shape index (κ1) is 21.3. The minimum atomic E-state index is 0.778. The summed E-state index contributed by atoms with van der Waals surface area (Å²) in [6.45, 7) is 2.06. The number of pyridine rings is 2. The van der Waals surface area contributed by atoms with Crippen molar-refractivity contribution in [3.63, 3.8) is 0 Å². The van der Waals surface area contributed by atoms with Crippen molar-refractivity contribution in [1.29, 1.82) is 0 Å². The van der Waals surface area contributed by atoms with Gasteiger partial charge in [-0.15, -0.1) is 0 Å². The van der Waals surface area contributed by atoms with Gasteiger partial charge in [-0.05, 0) is 67.7 Å². The highest BCUT2D eigenvalue weighted by Crippen LogP contribution is 2.37. The van der Waals surface area contributed by atoms with E-state index < -0.39 is 0 Å². The van der Waals surface area contributed by atoms with Gasteiger partial charge in [-0.25, -0.2) is 0 Å². The van der Waals surface area contributed by atoms with E-state index in [2.05, 4.69) is 122 Å². The largest absolute Gasteiger partial charge is 0.260 e. The van der Waals surface area contributed by atoms with E-state index in [4.69, 9.17) is 9.97 Å². The molecule has 0 aliphatic rings. The summed E-state index contributed by atoms with van der Waals surface area (Å²) < 4.78 is 0. The van der Waals surface area contributed by atoms with Crippen molar-refractivity contribution < 1.29 is 0 Å². The van der Waals surface area contributed by atoms with Crippen LogP contribution in [0.2, 0.25) is 0 Å². The lowest BCUT2D eigenvalue weighted by Crippen LogP contribution is -1.95. The van der Waals surface area contributed by atoms with E-state index >= 15 is 0 Å². The van der Waals surface area contributed by atoms with Gasteiger partial charge in [-0.3, -0.25) is 9.97 Å². The van der Waals surface area contributed by atoms with Gasteiger partial charge in [0.15, 0.2) is 0 Å². The van der Waals surface area contributed by atoms with Gasteiger partial charge in [-0.2, -0.15) is 0 Å². The Labute approximate surface area is 220 Å². The van der Waals surface area contributed by atoms with Crippen LogP contribution in [0.4, 0.5) is 0 Å². The minimum absolute atomic E-state index is 0.778. The molecule has 0 bridgehead atoms. The molecule has 2 aromatic heterocycles. The number of rotatable bonds is 2. The van der Waals surface area contributed by atoms with Crippen molar-refractivity contribution in [2.75, 3.05) is 0 Å². The van der Waals surface area contributed by atoms with E-state index in [0.29, 0.717) is 0 Å². The average molecular weight is 485 g/mol. The summed E-state index contributed by atoms with van der Waals surface area (Å²) in [6, 6.07) is 39.5. The zero-order chi connectivity index (χ0) is 25.2. The molecule has 0 spiro atoms. The predicted molar refractivity (Wildman–Crippen MR) is 161 cm³/mol. The Bertz CT molecular complexity index is 2190. The van der Waals surface area contributed by atoms with E-state index in [0.717, 1.165) is 23.3 Å². The molecule has 0 saturated carbocycles. The van der Waals surface area contributed by atoms with Gasteiger partial charge in [0.1, 0.15) is 0 Å². The second-order valence-electron chi connectivity index (χ2n) is 10.3. The predicted octanol–water partition coefficient (Wildman–Crippen LogP) is 9.30. The van der Waals surface area contributed by atoms with Crippen molar-refractivity contribution in [3.8, 4) is 0 Å². The third kappa shape index (κ3) is 3.13. The van der Waals surface area contributed by atoms with Crippen molar-refractivity contribution in [2.45, 2.75) is 13.3 Å². The van der Waals surface area contributed by atoms with Crippen molar-refractivity contribution >= 4 is 64.8 Å². The fourth-order valence-electron chi connectivity index (χ4n) is 6.21. The summed E-state index contributed by atoms with van der Waals surface area (Å²) >= 11 is 0. The second-order valence-corrected chi connectivity index (χ2v) is 10.3. The molecular weight excluding hydrogens is 460 g/mol. The molecule has 0 atom stereocenters. The van der Waals surface area contributed by atoms with Crippen molar-refractivity contribution in [3.05, 3.63) is 132 Å². The number of benzene rings is 6. The summed E-state index contributed by atoms with van der Waals surface area (Å²) in [5, 5.41) is 13.8. The number of nitrogens with zero attached hydrogens (tertiary/aromatic N) is 2. The maximum Gasteiger partial charge on any atom is 0.0789 e.